The molecule has 5 heteroatoms. The molecule has 0 aliphatic rings. The van der Waals surface area contributed by atoms with E-state index in [2.05, 4.69) is 0 Å². The number of nitrogens with zero attached hydrogens (tertiary/aromatic N) is 1. The van der Waals surface area contributed by atoms with Crippen LogP contribution in [-0.2, 0) is 0 Å². The van der Waals surface area contributed by atoms with Crippen molar-refractivity contribution in [1.29, 1.82) is 0 Å². The molecule has 1 aromatic heterocycles. The van der Waals surface area contributed by atoms with Crippen LogP contribution in [-0.4, -0.2) is 35.1 Å². The zero-order chi connectivity index (χ0) is 15.1. The van der Waals surface area contributed by atoms with Crippen LogP contribution >= 0.6 is 11.3 Å². The molecular formula is C15H20N2O2S. The molecule has 0 aliphatic carbocycles. The molecule has 108 valence electrons. The Morgan fingerprint density at radius 2 is 2.10 bits per heavy atom. The number of carbonyl (C=O) groups is 1. The minimum absolute atomic E-state index is 0.0981. The summed E-state index contributed by atoms with van der Waals surface area (Å²) in [5.74, 6) is -0.152. The molecule has 0 radical (unpaired) electrons. The highest BCUT2D eigenvalue weighted by molar-refractivity contribution is 7.21. The van der Waals surface area contributed by atoms with E-state index >= 15 is 0 Å². The number of nitrogen functional groups attached to an aromatic ring is 1. The fourth-order valence-electron chi connectivity index (χ4n) is 1.92. The van der Waals surface area contributed by atoms with E-state index in [-0.39, 0.29) is 12.5 Å². The second-order valence-corrected chi connectivity index (χ2v) is 6.73. The van der Waals surface area contributed by atoms with E-state index in [9.17, 15) is 9.90 Å². The van der Waals surface area contributed by atoms with Crippen molar-refractivity contribution in [3.63, 3.8) is 0 Å². The summed E-state index contributed by atoms with van der Waals surface area (Å²) in [5.41, 5.74) is 7.16. The highest BCUT2D eigenvalue weighted by Gasteiger charge is 2.30. The molecule has 0 saturated carbocycles. The predicted molar refractivity (Wildman–Crippen MR) is 84.2 cm³/mol. The van der Waals surface area contributed by atoms with Gasteiger partial charge in [-0.25, -0.2) is 0 Å². The van der Waals surface area contributed by atoms with Gasteiger partial charge in [0.05, 0.1) is 17.8 Å². The van der Waals surface area contributed by atoms with Crippen LogP contribution in [0.5, 0.6) is 0 Å². The number of hydrogen-bond donors (Lipinski definition) is 2. The predicted octanol–water partition coefficient (Wildman–Crippen LogP) is 2.63. The van der Waals surface area contributed by atoms with Gasteiger partial charge in [-0.2, -0.15) is 0 Å². The zero-order valence-corrected chi connectivity index (χ0v) is 13.0. The average molecular weight is 292 g/mol. The van der Waals surface area contributed by atoms with Gasteiger partial charge in [0, 0.05) is 17.1 Å². The minimum Gasteiger partial charge on any atom is -0.397 e. The van der Waals surface area contributed by atoms with Crippen molar-refractivity contribution in [1.82, 2.24) is 4.90 Å². The monoisotopic (exact) mass is 292 g/mol. The van der Waals surface area contributed by atoms with Gasteiger partial charge in [-0.15, -0.1) is 11.3 Å². The van der Waals surface area contributed by atoms with Crippen molar-refractivity contribution in [3.8, 4) is 0 Å². The Morgan fingerprint density at radius 1 is 1.45 bits per heavy atom. The second kappa shape index (κ2) is 5.07. The first-order valence-electron chi connectivity index (χ1n) is 6.45. The molecule has 4 nitrogen and oxygen atoms in total. The Balaban J connectivity index is 2.48. The van der Waals surface area contributed by atoms with Gasteiger partial charge in [0.1, 0.15) is 4.88 Å². The van der Waals surface area contributed by atoms with Crippen LogP contribution in [0.2, 0.25) is 0 Å². The highest BCUT2D eigenvalue weighted by atomic mass is 32.1. The zero-order valence-electron chi connectivity index (χ0n) is 12.2. The maximum absolute atomic E-state index is 12.6. The molecule has 1 amide bonds. The molecule has 0 bridgehead atoms. The topological polar surface area (TPSA) is 66.6 Å². The summed E-state index contributed by atoms with van der Waals surface area (Å²) in [6, 6.07) is 5.99. The lowest BCUT2D eigenvalue weighted by molar-refractivity contribution is 0.0479. The average Bonchev–Trinajstić information content (AvgIpc) is 2.74. The number of aliphatic hydroxyl groups is 1. The molecule has 0 aliphatic heterocycles. The third kappa shape index (κ3) is 2.39. The number of nitrogens with two attached hydrogens (primary N) is 1. The number of hydrogen-bond acceptors (Lipinski definition) is 4. The van der Waals surface area contributed by atoms with Gasteiger partial charge >= 0.3 is 0 Å². The van der Waals surface area contributed by atoms with Gasteiger partial charge in [0.15, 0.2) is 0 Å². The second-order valence-electron chi connectivity index (χ2n) is 5.68. The fourth-order valence-corrected chi connectivity index (χ4v) is 3.00. The Labute approximate surface area is 122 Å². The number of likely N-dealkylation sites (N-methyl/N-ethyl adjacent to an activating group) is 1. The van der Waals surface area contributed by atoms with Crippen molar-refractivity contribution in [2.75, 3.05) is 19.4 Å². The smallest absolute Gasteiger partial charge is 0.266 e. The third-order valence-electron chi connectivity index (χ3n) is 3.68. The van der Waals surface area contributed by atoms with E-state index in [0.717, 1.165) is 15.6 Å². The highest BCUT2D eigenvalue weighted by Crippen LogP contribution is 2.35. The summed E-state index contributed by atoms with van der Waals surface area (Å²) < 4.78 is 1.01. The lowest BCUT2D eigenvalue weighted by atomic mass is 10.0. The van der Waals surface area contributed by atoms with Gasteiger partial charge in [-0.1, -0.05) is 11.6 Å². The quantitative estimate of drug-likeness (QED) is 0.914. The van der Waals surface area contributed by atoms with E-state index < -0.39 is 5.54 Å². The SMILES string of the molecule is Cc1ccc2sc(C(=O)N(C)C(C)(C)CO)c(N)c2c1. The summed E-state index contributed by atoms with van der Waals surface area (Å²) in [4.78, 5) is 14.7. The van der Waals surface area contributed by atoms with Gasteiger partial charge in [-0.3, -0.25) is 4.79 Å². The number of carbonyl (C=O) groups excluding carboxylic acids is 1. The fraction of sp³-hybridized carbons (Fsp3) is 0.400. The number of aliphatic hydroxyl groups excluding tert-OH is 1. The van der Waals surface area contributed by atoms with Gasteiger partial charge in [0.25, 0.3) is 5.91 Å². The maximum Gasteiger partial charge on any atom is 0.266 e. The van der Waals surface area contributed by atoms with Gasteiger partial charge < -0.3 is 15.7 Å². The minimum atomic E-state index is -0.615. The summed E-state index contributed by atoms with van der Waals surface area (Å²) in [6.07, 6.45) is 0. The van der Waals surface area contributed by atoms with E-state index in [0.29, 0.717) is 10.6 Å². The largest absolute Gasteiger partial charge is 0.397 e. The molecule has 0 spiro atoms. The maximum atomic E-state index is 12.6. The van der Waals surface area contributed by atoms with E-state index in [4.69, 9.17) is 5.73 Å². The first-order valence-corrected chi connectivity index (χ1v) is 7.27. The van der Waals surface area contributed by atoms with Crippen LogP contribution in [0, 0.1) is 6.92 Å². The van der Waals surface area contributed by atoms with Crippen molar-refractivity contribution < 1.29 is 9.90 Å². The number of thiophene rings is 1. The Bertz CT molecular complexity index is 661. The molecule has 2 rings (SSSR count). The summed E-state index contributed by atoms with van der Waals surface area (Å²) in [5, 5.41) is 10.3. The molecule has 0 saturated heterocycles. The number of anilines is 1. The van der Waals surface area contributed by atoms with E-state index in [1.54, 1.807) is 11.9 Å². The molecule has 3 N–H and O–H groups in total. The number of aryl methyl sites for hydroxylation is 1. The summed E-state index contributed by atoms with van der Waals surface area (Å²) in [7, 11) is 1.69. The van der Waals surface area contributed by atoms with Gasteiger partial charge in [-0.05, 0) is 32.9 Å². The molecule has 0 fully saturated rings. The Hall–Kier alpha value is -1.59. The number of rotatable bonds is 3. The van der Waals surface area contributed by atoms with Crippen molar-refractivity contribution in [3.05, 3.63) is 28.6 Å². The Morgan fingerprint density at radius 3 is 2.70 bits per heavy atom. The first kappa shape index (κ1) is 14.8. The molecule has 0 unspecified atom stereocenters. The van der Waals surface area contributed by atoms with E-state index in [1.165, 1.54) is 11.3 Å². The summed E-state index contributed by atoms with van der Waals surface area (Å²) >= 11 is 1.40. The van der Waals surface area contributed by atoms with Crippen LogP contribution in [0.25, 0.3) is 10.1 Å². The first-order chi connectivity index (χ1) is 9.27. The molecule has 20 heavy (non-hydrogen) atoms. The number of benzene rings is 1. The molecule has 1 aromatic carbocycles. The van der Waals surface area contributed by atoms with Crippen LogP contribution in [0.1, 0.15) is 29.1 Å². The lowest BCUT2D eigenvalue weighted by Crippen LogP contribution is -2.47. The van der Waals surface area contributed by atoms with Crippen LogP contribution in [0.4, 0.5) is 5.69 Å². The van der Waals surface area contributed by atoms with Crippen LogP contribution in [0.15, 0.2) is 18.2 Å². The molecule has 1 heterocycles. The van der Waals surface area contributed by atoms with E-state index in [1.807, 2.05) is 39.0 Å². The standard InChI is InChI=1S/C15H20N2O2S/c1-9-5-6-11-10(7-9)12(16)13(20-11)14(19)17(4)15(2,3)8-18/h5-7,18H,8,16H2,1-4H3. The molecule has 2 aromatic rings. The number of amides is 1. The van der Waals surface area contributed by atoms with Crippen molar-refractivity contribution in [2.24, 2.45) is 0 Å². The Kier molecular flexibility index (Phi) is 3.75. The van der Waals surface area contributed by atoms with Crippen molar-refractivity contribution in [2.45, 2.75) is 26.3 Å². The lowest BCUT2D eigenvalue weighted by Gasteiger charge is -2.33. The molecule has 0 atom stereocenters. The third-order valence-corrected chi connectivity index (χ3v) is 4.85. The molecular weight excluding hydrogens is 272 g/mol. The van der Waals surface area contributed by atoms with Crippen LogP contribution < -0.4 is 5.73 Å². The van der Waals surface area contributed by atoms with Crippen molar-refractivity contribution >= 4 is 33.0 Å². The van der Waals surface area contributed by atoms with Crippen LogP contribution in [0.3, 0.4) is 0 Å². The normalized spacial score (nSPS) is 11.8. The number of fused-ring (bicyclic) bond motifs is 1. The van der Waals surface area contributed by atoms with Gasteiger partial charge in [0.2, 0.25) is 0 Å². The summed E-state index contributed by atoms with van der Waals surface area (Å²) in [6.45, 7) is 5.54.